The van der Waals surface area contributed by atoms with Crippen LogP contribution in [-0.4, -0.2) is 8.07 Å². The zero-order valence-electron chi connectivity index (χ0n) is 12.4. The number of halogens is 1. The molecule has 0 radical (unpaired) electrons. The molecule has 0 aliphatic carbocycles. The Hall–Kier alpha value is 0.167. The molecule has 2 heteroatoms. The van der Waals surface area contributed by atoms with Gasteiger partial charge >= 0.3 is 0 Å². The van der Waals surface area contributed by atoms with E-state index in [4.69, 9.17) is 0 Å². The predicted molar refractivity (Wildman–Crippen MR) is 96.9 cm³/mol. The average Bonchev–Trinajstić information content (AvgIpc) is 2.42. The summed E-state index contributed by atoms with van der Waals surface area (Å²) in [6.07, 6.45) is 8.75. The summed E-state index contributed by atoms with van der Waals surface area (Å²) in [5.74, 6) is 1.04. The summed E-state index contributed by atoms with van der Waals surface area (Å²) in [6.45, 7) is 4.92. The molecule has 0 spiro atoms. The molecule has 1 saturated heterocycles. The van der Waals surface area contributed by atoms with E-state index in [2.05, 4.69) is 60.3 Å². The molecule has 1 heterocycles. The Kier molecular flexibility index (Phi) is 5.94. The summed E-state index contributed by atoms with van der Waals surface area (Å²) in [6, 6.07) is 12.4. The lowest BCUT2D eigenvalue weighted by molar-refractivity contribution is 0.415. The van der Waals surface area contributed by atoms with Gasteiger partial charge in [0.15, 0.2) is 0 Å². The van der Waals surface area contributed by atoms with Crippen LogP contribution in [0.4, 0.5) is 0 Å². The molecule has 1 aromatic rings. The van der Waals surface area contributed by atoms with Crippen molar-refractivity contribution in [3.05, 3.63) is 27.8 Å². The van der Waals surface area contributed by atoms with Gasteiger partial charge < -0.3 is 0 Å². The summed E-state index contributed by atoms with van der Waals surface area (Å²) in [5, 5.41) is 1.69. The Labute approximate surface area is 133 Å². The van der Waals surface area contributed by atoms with Crippen LogP contribution in [0.2, 0.25) is 18.6 Å². The van der Waals surface area contributed by atoms with Gasteiger partial charge in [0.2, 0.25) is 0 Å². The normalized spacial score (nSPS) is 27.4. The second kappa shape index (κ2) is 7.25. The fraction of sp³-hybridized carbons (Fsp3) is 0.647. The molecule has 2 rings (SSSR count). The van der Waals surface area contributed by atoms with Crippen LogP contribution < -0.4 is 5.19 Å². The number of rotatable bonds is 5. The minimum absolute atomic E-state index is 1.04. The van der Waals surface area contributed by atoms with Crippen molar-refractivity contribution in [2.24, 2.45) is 5.92 Å². The van der Waals surface area contributed by atoms with Crippen molar-refractivity contribution in [3.8, 4) is 0 Å². The molecule has 1 aliphatic rings. The summed E-state index contributed by atoms with van der Waals surface area (Å²) in [5.41, 5.74) is 0. The van der Waals surface area contributed by atoms with Gasteiger partial charge in [0.25, 0.3) is 0 Å². The Morgan fingerprint density at radius 2 is 1.74 bits per heavy atom. The molecule has 1 aromatic carbocycles. The van der Waals surface area contributed by atoms with E-state index < -0.39 is 8.07 Å². The molecule has 106 valence electrons. The van der Waals surface area contributed by atoms with E-state index in [9.17, 15) is 0 Å². The molecular formula is C17H27ISi. The first-order chi connectivity index (χ1) is 9.14. The Balaban J connectivity index is 1.89. The van der Waals surface area contributed by atoms with E-state index in [0.717, 1.165) is 5.92 Å². The maximum atomic E-state index is 2.61. The van der Waals surface area contributed by atoms with E-state index in [-0.39, 0.29) is 0 Å². The third-order valence-electron chi connectivity index (χ3n) is 4.97. The van der Waals surface area contributed by atoms with Crippen LogP contribution in [0.1, 0.15) is 45.4 Å². The van der Waals surface area contributed by atoms with Gasteiger partial charge in [0.05, 0.1) is 8.07 Å². The quantitative estimate of drug-likeness (QED) is 0.353. The molecule has 0 amide bonds. The first-order valence-electron chi connectivity index (χ1n) is 7.90. The van der Waals surface area contributed by atoms with Gasteiger partial charge in [-0.3, -0.25) is 0 Å². The first kappa shape index (κ1) is 15.6. The van der Waals surface area contributed by atoms with Gasteiger partial charge in [0.1, 0.15) is 0 Å². The van der Waals surface area contributed by atoms with E-state index in [0.29, 0.717) is 0 Å². The SMILES string of the molecule is CCCCCC1CC[Si](C)(c2ccc(I)cc2)CC1. The van der Waals surface area contributed by atoms with Gasteiger partial charge in [-0.2, -0.15) is 0 Å². The van der Waals surface area contributed by atoms with Crippen LogP contribution in [0.15, 0.2) is 24.3 Å². The summed E-state index contributed by atoms with van der Waals surface area (Å²) in [7, 11) is -1.13. The smallest absolute Gasteiger partial charge is 0.0654 e. The van der Waals surface area contributed by atoms with Crippen LogP contribution in [0.25, 0.3) is 0 Å². The molecule has 1 fully saturated rings. The Morgan fingerprint density at radius 3 is 2.32 bits per heavy atom. The fourth-order valence-corrected chi connectivity index (χ4v) is 7.68. The zero-order chi connectivity index (χ0) is 13.7. The fourth-order valence-electron chi connectivity index (χ4n) is 3.43. The summed E-state index contributed by atoms with van der Waals surface area (Å²) in [4.78, 5) is 0. The van der Waals surface area contributed by atoms with Crippen LogP contribution in [0.3, 0.4) is 0 Å². The van der Waals surface area contributed by atoms with E-state index >= 15 is 0 Å². The van der Waals surface area contributed by atoms with E-state index in [1.165, 1.54) is 54.2 Å². The predicted octanol–water partition coefficient (Wildman–Crippen LogP) is 5.57. The molecule has 0 nitrogen and oxygen atoms in total. The van der Waals surface area contributed by atoms with Gasteiger partial charge in [-0.25, -0.2) is 0 Å². The minimum atomic E-state index is -1.13. The highest BCUT2D eigenvalue weighted by Gasteiger charge is 2.34. The average molecular weight is 386 g/mol. The molecule has 0 aromatic heterocycles. The molecule has 0 bridgehead atoms. The summed E-state index contributed by atoms with van der Waals surface area (Å²) >= 11 is 2.41. The highest BCUT2D eigenvalue weighted by Crippen LogP contribution is 2.35. The van der Waals surface area contributed by atoms with E-state index in [1.54, 1.807) is 5.19 Å². The maximum absolute atomic E-state index is 2.61. The maximum Gasteiger partial charge on any atom is 0.0837 e. The third-order valence-corrected chi connectivity index (χ3v) is 10.2. The largest absolute Gasteiger partial charge is 0.0837 e. The topological polar surface area (TPSA) is 0 Å². The van der Waals surface area contributed by atoms with Crippen molar-refractivity contribution in [2.75, 3.05) is 0 Å². The highest BCUT2D eigenvalue weighted by molar-refractivity contribution is 14.1. The minimum Gasteiger partial charge on any atom is -0.0654 e. The van der Waals surface area contributed by atoms with Crippen molar-refractivity contribution >= 4 is 35.9 Å². The monoisotopic (exact) mass is 386 g/mol. The lowest BCUT2D eigenvalue weighted by atomic mass is 9.96. The van der Waals surface area contributed by atoms with Crippen molar-refractivity contribution in [1.82, 2.24) is 0 Å². The number of benzene rings is 1. The molecule has 19 heavy (non-hydrogen) atoms. The van der Waals surface area contributed by atoms with Gasteiger partial charge in [0, 0.05) is 3.57 Å². The number of unbranched alkanes of at least 4 members (excludes halogenated alkanes) is 2. The number of hydrogen-bond acceptors (Lipinski definition) is 0. The molecule has 0 unspecified atom stereocenters. The second-order valence-corrected chi connectivity index (χ2v) is 12.5. The van der Waals surface area contributed by atoms with E-state index in [1.807, 2.05) is 0 Å². The van der Waals surface area contributed by atoms with Crippen molar-refractivity contribution in [3.63, 3.8) is 0 Å². The Morgan fingerprint density at radius 1 is 1.11 bits per heavy atom. The van der Waals surface area contributed by atoms with Crippen LogP contribution in [-0.2, 0) is 0 Å². The third kappa shape index (κ3) is 4.32. The van der Waals surface area contributed by atoms with Gasteiger partial charge in [-0.1, -0.05) is 81.4 Å². The molecule has 1 aliphatic heterocycles. The molecule has 0 atom stereocenters. The van der Waals surface area contributed by atoms with Gasteiger partial charge in [-0.15, -0.1) is 0 Å². The summed E-state index contributed by atoms with van der Waals surface area (Å²) < 4.78 is 1.37. The lowest BCUT2D eigenvalue weighted by Gasteiger charge is -2.36. The molecule has 0 saturated carbocycles. The Bertz CT molecular complexity index is 377. The molecular weight excluding hydrogens is 359 g/mol. The lowest BCUT2D eigenvalue weighted by Crippen LogP contribution is -2.47. The second-order valence-electron chi connectivity index (χ2n) is 6.51. The van der Waals surface area contributed by atoms with Crippen molar-refractivity contribution in [2.45, 2.75) is 64.1 Å². The number of hydrogen-bond donors (Lipinski definition) is 0. The molecule has 0 N–H and O–H groups in total. The first-order valence-corrected chi connectivity index (χ1v) is 11.9. The van der Waals surface area contributed by atoms with Gasteiger partial charge in [-0.05, 0) is 40.6 Å². The van der Waals surface area contributed by atoms with Crippen LogP contribution in [0, 0.1) is 9.49 Å². The van der Waals surface area contributed by atoms with Crippen LogP contribution in [0.5, 0.6) is 0 Å². The highest BCUT2D eigenvalue weighted by atomic mass is 127. The standard InChI is InChI=1S/C17H27ISi/c1-3-4-5-6-15-11-13-19(2,14-12-15)17-9-7-16(18)8-10-17/h7-10,15H,3-6,11-14H2,1-2H3. The van der Waals surface area contributed by atoms with Crippen molar-refractivity contribution in [1.29, 1.82) is 0 Å². The van der Waals surface area contributed by atoms with Crippen molar-refractivity contribution < 1.29 is 0 Å². The van der Waals surface area contributed by atoms with Crippen LogP contribution >= 0.6 is 22.6 Å². The zero-order valence-corrected chi connectivity index (χ0v) is 15.6.